The maximum Gasteiger partial charge on any atom is 0.275 e. The molecule has 3 aromatic rings. The smallest absolute Gasteiger partial charge is 0.275 e. The summed E-state index contributed by atoms with van der Waals surface area (Å²) in [4.78, 5) is 19.1. The molecule has 7 heteroatoms. The van der Waals surface area contributed by atoms with E-state index in [9.17, 15) is 4.79 Å². The fourth-order valence-corrected chi connectivity index (χ4v) is 3.91. The quantitative estimate of drug-likeness (QED) is 0.638. The van der Waals surface area contributed by atoms with Crippen LogP contribution in [-0.2, 0) is 6.61 Å². The second-order valence-electron chi connectivity index (χ2n) is 7.43. The molecule has 0 unspecified atom stereocenters. The number of carbonyl (C=O) groups excluding carboxylic acids is 1. The second-order valence-corrected chi connectivity index (χ2v) is 7.43. The van der Waals surface area contributed by atoms with E-state index in [0.717, 1.165) is 19.4 Å². The van der Waals surface area contributed by atoms with E-state index in [0.29, 0.717) is 41.3 Å². The summed E-state index contributed by atoms with van der Waals surface area (Å²) in [5.41, 5.74) is 1.58. The molecular weight excluding hydrogens is 384 g/mol. The number of benzene rings is 2. The first-order chi connectivity index (χ1) is 14.8. The predicted molar refractivity (Wildman–Crippen MR) is 108 cm³/mol. The van der Waals surface area contributed by atoms with Crippen LogP contribution in [-0.4, -0.2) is 35.7 Å². The van der Waals surface area contributed by atoms with Crippen molar-refractivity contribution in [1.82, 2.24) is 9.88 Å². The number of aromatic nitrogens is 1. The molecule has 154 valence electrons. The summed E-state index contributed by atoms with van der Waals surface area (Å²) < 4.78 is 21.8. The van der Waals surface area contributed by atoms with Gasteiger partial charge in [0.05, 0.1) is 0 Å². The minimum Gasteiger partial charge on any atom is -0.484 e. The van der Waals surface area contributed by atoms with Crippen LogP contribution in [0.5, 0.6) is 17.2 Å². The number of hydrogen-bond acceptors (Lipinski definition) is 6. The Morgan fingerprint density at radius 2 is 2.00 bits per heavy atom. The summed E-state index contributed by atoms with van der Waals surface area (Å²) in [6.07, 6.45) is 3.47. The summed E-state index contributed by atoms with van der Waals surface area (Å²) >= 11 is 0. The molecule has 2 aliphatic rings. The minimum absolute atomic E-state index is 0.103. The zero-order valence-corrected chi connectivity index (χ0v) is 16.5. The second kappa shape index (κ2) is 8.10. The molecule has 0 N–H and O–H groups in total. The number of piperidine rings is 1. The third-order valence-corrected chi connectivity index (χ3v) is 5.46. The Hall–Kier alpha value is -3.48. The van der Waals surface area contributed by atoms with Crippen LogP contribution in [0.1, 0.15) is 40.7 Å². The van der Waals surface area contributed by atoms with Gasteiger partial charge in [-0.25, -0.2) is 4.98 Å². The van der Waals surface area contributed by atoms with Crippen molar-refractivity contribution in [2.45, 2.75) is 25.4 Å². The summed E-state index contributed by atoms with van der Waals surface area (Å²) in [6, 6.07) is 15.7. The Bertz CT molecular complexity index is 1030. The van der Waals surface area contributed by atoms with Crippen molar-refractivity contribution in [3.63, 3.8) is 0 Å². The average molecular weight is 406 g/mol. The van der Waals surface area contributed by atoms with E-state index in [1.165, 1.54) is 11.8 Å². The van der Waals surface area contributed by atoms with Gasteiger partial charge in [-0.3, -0.25) is 4.79 Å². The van der Waals surface area contributed by atoms with Crippen LogP contribution in [0.25, 0.3) is 0 Å². The van der Waals surface area contributed by atoms with Gasteiger partial charge >= 0.3 is 0 Å². The summed E-state index contributed by atoms with van der Waals surface area (Å²) in [5.74, 6) is 2.56. The van der Waals surface area contributed by atoms with Crippen molar-refractivity contribution in [2.24, 2.45) is 0 Å². The Balaban J connectivity index is 1.21. The highest BCUT2D eigenvalue weighted by atomic mass is 16.7. The Kier molecular flexibility index (Phi) is 5.01. The lowest BCUT2D eigenvalue weighted by molar-refractivity contribution is 0.0701. The van der Waals surface area contributed by atoms with E-state index in [-0.39, 0.29) is 19.3 Å². The van der Waals surface area contributed by atoms with E-state index < -0.39 is 0 Å². The molecule has 0 bridgehead atoms. The molecule has 1 aromatic heterocycles. The Morgan fingerprint density at radius 3 is 2.90 bits per heavy atom. The van der Waals surface area contributed by atoms with Crippen LogP contribution >= 0.6 is 0 Å². The number of hydrogen-bond donors (Lipinski definition) is 0. The lowest BCUT2D eigenvalue weighted by atomic mass is 9.90. The van der Waals surface area contributed by atoms with Gasteiger partial charge in [-0.15, -0.1) is 0 Å². The lowest BCUT2D eigenvalue weighted by Gasteiger charge is -2.32. The monoisotopic (exact) mass is 406 g/mol. The topological polar surface area (TPSA) is 74.0 Å². The van der Waals surface area contributed by atoms with Crippen LogP contribution < -0.4 is 14.2 Å². The highest BCUT2D eigenvalue weighted by Gasteiger charge is 2.27. The summed E-state index contributed by atoms with van der Waals surface area (Å²) in [5, 5.41) is 0. The SMILES string of the molecule is O=C(c1coc(COc2ccc3c(c2)OCO3)n1)N1CCC[C@@H](c2ccccc2)C1. The van der Waals surface area contributed by atoms with Crippen LogP contribution in [0.3, 0.4) is 0 Å². The molecule has 1 atom stereocenters. The van der Waals surface area contributed by atoms with E-state index in [2.05, 4.69) is 17.1 Å². The first-order valence-corrected chi connectivity index (χ1v) is 10.1. The van der Waals surface area contributed by atoms with Crippen LogP contribution in [0, 0.1) is 0 Å². The number of ether oxygens (including phenoxy) is 3. The highest BCUT2D eigenvalue weighted by Crippen LogP contribution is 2.35. The van der Waals surface area contributed by atoms with Gasteiger partial charge in [0.15, 0.2) is 23.8 Å². The van der Waals surface area contributed by atoms with Gasteiger partial charge in [-0.2, -0.15) is 0 Å². The summed E-state index contributed by atoms with van der Waals surface area (Å²) in [7, 11) is 0. The molecule has 0 spiro atoms. The minimum atomic E-state index is -0.103. The standard InChI is InChI=1S/C23H22N2O5/c26-23(25-10-4-7-17(12-25)16-5-2-1-3-6-16)19-13-28-22(24-19)14-27-18-8-9-20-21(11-18)30-15-29-20/h1-3,5-6,8-9,11,13,17H,4,7,10,12,14-15H2/t17-/m1/s1. The number of likely N-dealkylation sites (tertiary alicyclic amines) is 1. The molecule has 1 saturated heterocycles. The molecule has 1 amide bonds. The fourth-order valence-electron chi connectivity index (χ4n) is 3.91. The van der Waals surface area contributed by atoms with E-state index in [1.54, 1.807) is 18.2 Å². The molecule has 7 nitrogen and oxygen atoms in total. The maximum absolute atomic E-state index is 12.9. The summed E-state index contributed by atoms with van der Waals surface area (Å²) in [6.45, 7) is 1.77. The van der Waals surface area contributed by atoms with Crippen molar-refractivity contribution in [1.29, 1.82) is 0 Å². The Labute approximate surface area is 174 Å². The predicted octanol–water partition coefficient (Wildman–Crippen LogP) is 4.00. The zero-order chi connectivity index (χ0) is 20.3. The third kappa shape index (κ3) is 3.83. The number of fused-ring (bicyclic) bond motifs is 1. The van der Waals surface area contributed by atoms with Gasteiger partial charge in [0.2, 0.25) is 12.7 Å². The van der Waals surface area contributed by atoms with Gasteiger partial charge < -0.3 is 23.5 Å². The molecular formula is C23H22N2O5. The highest BCUT2D eigenvalue weighted by molar-refractivity contribution is 5.92. The van der Waals surface area contributed by atoms with E-state index in [4.69, 9.17) is 18.6 Å². The van der Waals surface area contributed by atoms with Gasteiger partial charge in [0, 0.05) is 25.1 Å². The van der Waals surface area contributed by atoms with Crippen molar-refractivity contribution in [3.05, 3.63) is 71.9 Å². The van der Waals surface area contributed by atoms with Crippen LogP contribution in [0.2, 0.25) is 0 Å². The Morgan fingerprint density at radius 1 is 1.13 bits per heavy atom. The molecule has 5 rings (SSSR count). The van der Waals surface area contributed by atoms with Gasteiger partial charge in [0.1, 0.15) is 12.0 Å². The molecule has 2 aliphatic heterocycles. The van der Waals surface area contributed by atoms with Gasteiger partial charge in [-0.1, -0.05) is 30.3 Å². The molecule has 3 heterocycles. The number of oxazole rings is 1. The van der Waals surface area contributed by atoms with Crippen LogP contribution in [0.4, 0.5) is 0 Å². The molecule has 30 heavy (non-hydrogen) atoms. The third-order valence-electron chi connectivity index (χ3n) is 5.46. The molecule has 0 aliphatic carbocycles. The van der Waals surface area contributed by atoms with Gasteiger partial charge in [-0.05, 0) is 30.5 Å². The molecule has 2 aromatic carbocycles. The van der Waals surface area contributed by atoms with E-state index >= 15 is 0 Å². The van der Waals surface area contributed by atoms with Crippen molar-refractivity contribution < 1.29 is 23.4 Å². The van der Waals surface area contributed by atoms with Crippen molar-refractivity contribution >= 4 is 5.91 Å². The fraction of sp³-hybridized carbons (Fsp3) is 0.304. The van der Waals surface area contributed by atoms with Crippen molar-refractivity contribution in [2.75, 3.05) is 19.9 Å². The number of rotatable bonds is 5. The molecule has 0 saturated carbocycles. The average Bonchev–Trinajstić information content (AvgIpc) is 3.47. The number of amides is 1. The number of carbonyl (C=O) groups is 1. The lowest BCUT2D eigenvalue weighted by Crippen LogP contribution is -2.39. The zero-order valence-electron chi connectivity index (χ0n) is 16.5. The van der Waals surface area contributed by atoms with Crippen LogP contribution in [0.15, 0.2) is 59.2 Å². The maximum atomic E-state index is 12.9. The molecule has 1 fully saturated rings. The number of nitrogens with zero attached hydrogens (tertiary/aromatic N) is 2. The van der Waals surface area contributed by atoms with E-state index in [1.807, 2.05) is 23.1 Å². The molecule has 0 radical (unpaired) electrons. The van der Waals surface area contributed by atoms with Gasteiger partial charge in [0.25, 0.3) is 5.91 Å². The largest absolute Gasteiger partial charge is 0.484 e. The normalized spacial score (nSPS) is 17.7. The first-order valence-electron chi connectivity index (χ1n) is 10.1. The first kappa shape index (κ1) is 18.5. The van der Waals surface area contributed by atoms with Crippen molar-refractivity contribution in [3.8, 4) is 17.2 Å².